The Morgan fingerprint density at radius 1 is 1.00 bits per heavy atom. The van der Waals surface area contributed by atoms with Gasteiger partial charge in [0.05, 0.1) is 31.4 Å². The van der Waals surface area contributed by atoms with E-state index in [-0.39, 0.29) is 37.1 Å². The number of nitrogens with zero attached hydrogens (tertiary/aromatic N) is 3. The number of carbonyl (C=O) groups is 2. The molecule has 2 amide bonds. The lowest BCUT2D eigenvalue weighted by Crippen LogP contribution is -2.43. The minimum absolute atomic E-state index is 0.0324. The largest absolute Gasteiger partial charge is 0.497 e. The van der Waals surface area contributed by atoms with Gasteiger partial charge in [-0.1, -0.05) is 25.3 Å². The fourth-order valence-electron chi connectivity index (χ4n) is 7.77. The Morgan fingerprint density at radius 2 is 1.77 bits per heavy atom. The zero-order valence-electron chi connectivity index (χ0n) is 25.6. The molecule has 2 aliphatic heterocycles. The van der Waals surface area contributed by atoms with Crippen LogP contribution in [0.15, 0.2) is 36.4 Å². The van der Waals surface area contributed by atoms with Gasteiger partial charge in [-0.15, -0.1) is 0 Å². The first-order valence-corrected chi connectivity index (χ1v) is 17.0. The lowest BCUT2D eigenvalue weighted by atomic mass is 9.81. The molecule has 0 saturated heterocycles. The van der Waals surface area contributed by atoms with Crippen molar-refractivity contribution in [2.75, 3.05) is 47.5 Å². The van der Waals surface area contributed by atoms with Crippen molar-refractivity contribution in [2.45, 2.75) is 56.9 Å². The van der Waals surface area contributed by atoms with Crippen LogP contribution in [0.2, 0.25) is 0 Å². The van der Waals surface area contributed by atoms with Gasteiger partial charge in [0.1, 0.15) is 5.75 Å². The minimum atomic E-state index is -4.08. The second-order valence-corrected chi connectivity index (χ2v) is 14.7. The van der Waals surface area contributed by atoms with Gasteiger partial charge in [-0.05, 0) is 66.6 Å². The summed E-state index contributed by atoms with van der Waals surface area (Å²) in [6, 6.07) is 11.7. The maximum absolute atomic E-state index is 14.3. The van der Waals surface area contributed by atoms with E-state index in [9.17, 15) is 18.0 Å². The van der Waals surface area contributed by atoms with E-state index in [0.29, 0.717) is 19.0 Å². The van der Waals surface area contributed by atoms with Crippen molar-refractivity contribution in [2.24, 2.45) is 5.41 Å². The highest BCUT2D eigenvalue weighted by molar-refractivity contribution is 7.87. The van der Waals surface area contributed by atoms with Crippen LogP contribution >= 0.6 is 0 Å². The lowest BCUT2D eigenvalue weighted by Gasteiger charge is -2.25. The average molecular weight is 621 g/mol. The number of amides is 2. The molecule has 2 aliphatic carbocycles. The normalized spacial score (nSPS) is 26.2. The molecule has 3 heterocycles. The predicted molar refractivity (Wildman–Crippen MR) is 167 cm³/mol. The molecular weight excluding hydrogens is 580 g/mol. The molecule has 1 aromatic heterocycles. The third-order valence-electron chi connectivity index (χ3n) is 10.3. The highest BCUT2D eigenvalue weighted by Gasteiger charge is 2.63. The number of ether oxygens (including phenoxy) is 2. The number of methoxy groups -OCH3 is 1. The summed E-state index contributed by atoms with van der Waals surface area (Å²) in [6.07, 6.45) is 6.44. The summed E-state index contributed by atoms with van der Waals surface area (Å²) < 4.78 is 43.0. The molecule has 11 heteroatoms. The summed E-state index contributed by atoms with van der Waals surface area (Å²) in [5.74, 6) is 0.538. The molecule has 2 saturated carbocycles. The molecule has 4 aliphatic rings. The fourth-order valence-corrected chi connectivity index (χ4v) is 8.60. The van der Waals surface area contributed by atoms with E-state index in [1.54, 1.807) is 18.1 Å². The standard InChI is InChI=1S/C33H40N4O6S/c1-35-13-15-43-16-14-36(2)44(40,41)34-31(38)22-9-11-25-28(17-22)37-20-33(32(35)39)19-27(33)26-18-23(42-3)10-12-24(26)30(37)29(25)21-7-5-4-6-8-21/h9-12,17-18,21,27H,4-8,13-16,19-20H2,1-3H3,(H,34,38)/t27-,33?/m1/s1. The van der Waals surface area contributed by atoms with E-state index in [1.165, 1.54) is 19.0 Å². The van der Waals surface area contributed by atoms with E-state index >= 15 is 0 Å². The number of fused-ring (bicyclic) bond motifs is 4. The van der Waals surface area contributed by atoms with Crippen molar-refractivity contribution in [3.05, 3.63) is 53.1 Å². The Balaban J connectivity index is 1.48. The quantitative estimate of drug-likeness (QED) is 0.459. The van der Waals surface area contributed by atoms with E-state index < -0.39 is 21.5 Å². The highest BCUT2D eigenvalue weighted by Crippen LogP contribution is 2.66. The first-order chi connectivity index (χ1) is 21.1. The Hall–Kier alpha value is -3.41. The minimum Gasteiger partial charge on any atom is -0.497 e. The Kier molecular flexibility index (Phi) is 7.25. The summed E-state index contributed by atoms with van der Waals surface area (Å²) in [5.41, 5.74) is 5.08. The molecule has 1 N–H and O–H groups in total. The molecule has 1 spiro atoms. The van der Waals surface area contributed by atoms with Gasteiger partial charge in [0.15, 0.2) is 0 Å². The van der Waals surface area contributed by atoms with Crippen molar-refractivity contribution in [1.29, 1.82) is 0 Å². The molecule has 2 aromatic carbocycles. The molecule has 2 atom stereocenters. The fraction of sp³-hybridized carbons (Fsp3) is 0.515. The van der Waals surface area contributed by atoms with Crippen LogP contribution in [0.1, 0.15) is 71.8 Å². The first kappa shape index (κ1) is 29.3. The summed E-state index contributed by atoms with van der Waals surface area (Å²) in [5, 5.41) is 1.06. The van der Waals surface area contributed by atoms with Crippen LogP contribution in [0.5, 0.6) is 5.75 Å². The molecule has 44 heavy (non-hydrogen) atoms. The molecule has 4 bridgehead atoms. The predicted octanol–water partition coefficient (Wildman–Crippen LogP) is 4.25. The Morgan fingerprint density at radius 3 is 2.55 bits per heavy atom. The van der Waals surface area contributed by atoms with Gasteiger partial charge < -0.3 is 18.9 Å². The molecule has 234 valence electrons. The molecule has 2 fully saturated rings. The van der Waals surface area contributed by atoms with Gasteiger partial charge in [0.2, 0.25) is 5.91 Å². The van der Waals surface area contributed by atoms with Gasteiger partial charge in [-0.25, -0.2) is 4.72 Å². The van der Waals surface area contributed by atoms with Crippen LogP contribution in [-0.4, -0.2) is 81.5 Å². The van der Waals surface area contributed by atoms with E-state index in [2.05, 4.69) is 21.4 Å². The van der Waals surface area contributed by atoms with Crippen LogP contribution in [-0.2, 0) is 26.3 Å². The number of benzene rings is 2. The van der Waals surface area contributed by atoms with Crippen molar-refractivity contribution in [3.63, 3.8) is 0 Å². The number of aromatic nitrogens is 1. The molecule has 3 aromatic rings. The van der Waals surface area contributed by atoms with Crippen LogP contribution in [0, 0.1) is 5.41 Å². The molecule has 10 nitrogen and oxygen atoms in total. The van der Waals surface area contributed by atoms with Crippen LogP contribution in [0.25, 0.3) is 22.2 Å². The molecular formula is C33H40N4O6S. The number of rotatable bonds is 2. The van der Waals surface area contributed by atoms with Gasteiger partial charge in [-0.2, -0.15) is 12.7 Å². The Bertz CT molecular complexity index is 1760. The van der Waals surface area contributed by atoms with Gasteiger partial charge in [-0.3, -0.25) is 9.59 Å². The van der Waals surface area contributed by atoms with Crippen molar-refractivity contribution in [3.8, 4) is 17.0 Å². The van der Waals surface area contributed by atoms with Crippen molar-refractivity contribution in [1.82, 2.24) is 18.5 Å². The number of likely N-dealkylation sites (N-methyl/N-ethyl adjacent to an activating group) is 2. The number of nitrogens with one attached hydrogen (secondary N) is 1. The monoisotopic (exact) mass is 620 g/mol. The second-order valence-electron chi connectivity index (χ2n) is 12.9. The Labute approximate surface area is 258 Å². The third kappa shape index (κ3) is 4.71. The SMILES string of the molecule is COc1ccc2c(c1)[C@H]1CC13Cn1c-2c(C2CCCCC2)c2ccc(cc21)C(=O)NS(=O)(=O)N(C)CCOCCN(C)C3=O. The van der Waals surface area contributed by atoms with Crippen molar-refractivity contribution < 1.29 is 27.5 Å². The zero-order valence-corrected chi connectivity index (χ0v) is 26.4. The molecule has 1 unspecified atom stereocenters. The summed E-state index contributed by atoms with van der Waals surface area (Å²) >= 11 is 0. The second kappa shape index (κ2) is 10.9. The van der Waals surface area contributed by atoms with Gasteiger partial charge in [0.25, 0.3) is 5.91 Å². The highest BCUT2D eigenvalue weighted by atomic mass is 32.2. The van der Waals surface area contributed by atoms with E-state index in [4.69, 9.17) is 9.47 Å². The third-order valence-corrected chi connectivity index (χ3v) is 11.8. The molecule has 0 radical (unpaired) electrons. The molecule has 7 rings (SSSR count). The average Bonchev–Trinajstić information content (AvgIpc) is 3.69. The topological polar surface area (TPSA) is 110 Å². The first-order valence-electron chi connectivity index (χ1n) is 15.6. The van der Waals surface area contributed by atoms with Crippen LogP contribution in [0.4, 0.5) is 0 Å². The maximum atomic E-state index is 14.3. The summed E-state index contributed by atoms with van der Waals surface area (Å²) in [7, 11) is 0.821. The lowest BCUT2D eigenvalue weighted by molar-refractivity contribution is -0.137. The number of hydrogen-bond donors (Lipinski definition) is 1. The summed E-state index contributed by atoms with van der Waals surface area (Å²) in [6.45, 7) is 1.35. The van der Waals surface area contributed by atoms with Crippen LogP contribution in [0.3, 0.4) is 0 Å². The van der Waals surface area contributed by atoms with Crippen molar-refractivity contribution >= 4 is 32.9 Å². The maximum Gasteiger partial charge on any atom is 0.303 e. The van der Waals surface area contributed by atoms with E-state index in [1.807, 2.05) is 25.2 Å². The van der Waals surface area contributed by atoms with Gasteiger partial charge in [0, 0.05) is 61.7 Å². The van der Waals surface area contributed by atoms with E-state index in [0.717, 1.165) is 69.9 Å². The number of carbonyl (C=O) groups excluding carboxylic acids is 2. The summed E-state index contributed by atoms with van der Waals surface area (Å²) in [4.78, 5) is 29.5. The zero-order chi connectivity index (χ0) is 30.8. The smallest absolute Gasteiger partial charge is 0.303 e. The van der Waals surface area contributed by atoms with Crippen LogP contribution < -0.4 is 9.46 Å². The number of hydrogen-bond acceptors (Lipinski definition) is 6. The van der Waals surface area contributed by atoms with Gasteiger partial charge >= 0.3 is 10.2 Å².